The van der Waals surface area contributed by atoms with Crippen LogP contribution in [0, 0.1) is 11.8 Å². The lowest BCUT2D eigenvalue weighted by atomic mass is 9.85. The van der Waals surface area contributed by atoms with Crippen molar-refractivity contribution in [2.24, 2.45) is 17.6 Å². The number of nitrogens with two attached hydrogens (primary N) is 1. The molecule has 0 saturated heterocycles. The number of H-pyrrole nitrogens is 1. The predicted octanol–water partition coefficient (Wildman–Crippen LogP) is 3.37. The zero-order valence-corrected chi connectivity index (χ0v) is 11.6. The minimum atomic E-state index is 0.256. The summed E-state index contributed by atoms with van der Waals surface area (Å²) in [6.07, 6.45) is 17.7. The van der Waals surface area contributed by atoms with Crippen LogP contribution >= 0.6 is 0 Å². The molecule has 1 aromatic rings. The molecule has 0 aliphatic heterocycles. The monoisotopic (exact) mass is 259 g/mol. The van der Waals surface area contributed by atoms with Crippen molar-refractivity contribution in [2.75, 3.05) is 0 Å². The number of imidazole rings is 1. The first-order valence-corrected chi connectivity index (χ1v) is 7.75. The van der Waals surface area contributed by atoms with Crippen LogP contribution in [0.2, 0.25) is 0 Å². The fourth-order valence-corrected chi connectivity index (χ4v) is 3.43. The molecule has 2 aliphatic carbocycles. The van der Waals surface area contributed by atoms with Gasteiger partial charge in [0.1, 0.15) is 0 Å². The molecule has 3 rings (SSSR count). The van der Waals surface area contributed by atoms with Crippen LogP contribution in [0.3, 0.4) is 0 Å². The molecule has 0 radical (unpaired) electrons. The number of hydrogen-bond donors (Lipinski definition) is 2. The first-order chi connectivity index (χ1) is 9.33. The van der Waals surface area contributed by atoms with Gasteiger partial charge in [0.15, 0.2) is 0 Å². The van der Waals surface area contributed by atoms with Crippen molar-refractivity contribution in [1.82, 2.24) is 9.97 Å². The van der Waals surface area contributed by atoms with Gasteiger partial charge in [-0.2, -0.15) is 0 Å². The van der Waals surface area contributed by atoms with E-state index in [2.05, 4.69) is 22.1 Å². The second-order valence-electron chi connectivity index (χ2n) is 6.30. The minimum absolute atomic E-state index is 0.256. The summed E-state index contributed by atoms with van der Waals surface area (Å²) in [5.74, 6) is 2.20. The molecule has 2 aliphatic rings. The standard InChI is InChI=1S/C16H25N3/c17-14(8-12-4-2-1-3-5-12)7-6-13-9-15(13)16-10-18-11-19-16/h6-7,10-15H,1-5,8-9,17H2,(H,18,19)/b7-6-/t13-,14+,15-/m0/s1. The van der Waals surface area contributed by atoms with Crippen LogP contribution in [0.15, 0.2) is 24.7 Å². The number of aromatic nitrogens is 2. The van der Waals surface area contributed by atoms with E-state index in [0.29, 0.717) is 11.8 Å². The number of nitrogens with one attached hydrogen (secondary N) is 1. The molecule has 1 heterocycles. The summed E-state index contributed by atoms with van der Waals surface area (Å²) in [6.45, 7) is 0. The molecular formula is C16H25N3. The summed E-state index contributed by atoms with van der Waals surface area (Å²) < 4.78 is 0. The molecule has 19 heavy (non-hydrogen) atoms. The highest BCUT2D eigenvalue weighted by atomic mass is 14.9. The van der Waals surface area contributed by atoms with E-state index in [1.54, 1.807) is 6.33 Å². The van der Waals surface area contributed by atoms with Gasteiger partial charge in [-0.1, -0.05) is 44.3 Å². The van der Waals surface area contributed by atoms with E-state index in [9.17, 15) is 0 Å². The molecule has 3 heteroatoms. The summed E-state index contributed by atoms with van der Waals surface area (Å²) in [5, 5.41) is 0. The third-order valence-corrected chi connectivity index (χ3v) is 4.69. The van der Waals surface area contributed by atoms with Crippen molar-refractivity contribution in [1.29, 1.82) is 0 Å². The SMILES string of the molecule is N[C@H](/C=C\[C@H]1C[C@@H]1c1cnc[nH]1)CC1CCCCC1. The average molecular weight is 259 g/mol. The quantitative estimate of drug-likeness (QED) is 0.797. The van der Waals surface area contributed by atoms with E-state index < -0.39 is 0 Å². The summed E-state index contributed by atoms with van der Waals surface area (Å²) in [7, 11) is 0. The summed E-state index contributed by atoms with van der Waals surface area (Å²) in [5.41, 5.74) is 7.51. The molecule has 0 unspecified atom stereocenters. The molecule has 104 valence electrons. The van der Waals surface area contributed by atoms with Gasteiger partial charge in [-0.3, -0.25) is 0 Å². The van der Waals surface area contributed by atoms with Crippen molar-refractivity contribution in [2.45, 2.75) is 56.9 Å². The lowest BCUT2D eigenvalue weighted by molar-refractivity contribution is 0.329. The van der Waals surface area contributed by atoms with E-state index in [0.717, 1.165) is 5.92 Å². The third kappa shape index (κ3) is 3.47. The maximum Gasteiger partial charge on any atom is 0.0921 e. The normalized spacial score (nSPS) is 29.7. The molecule has 0 amide bonds. The van der Waals surface area contributed by atoms with Crippen LogP contribution in [-0.4, -0.2) is 16.0 Å². The van der Waals surface area contributed by atoms with Gasteiger partial charge in [0.25, 0.3) is 0 Å². The highest BCUT2D eigenvalue weighted by Gasteiger charge is 2.37. The molecule has 0 bridgehead atoms. The van der Waals surface area contributed by atoms with Gasteiger partial charge in [0.05, 0.1) is 6.33 Å². The Hall–Kier alpha value is -1.09. The molecule has 0 aromatic carbocycles. The van der Waals surface area contributed by atoms with E-state index in [-0.39, 0.29) is 6.04 Å². The molecule has 0 spiro atoms. The zero-order valence-electron chi connectivity index (χ0n) is 11.6. The van der Waals surface area contributed by atoms with Crippen LogP contribution in [-0.2, 0) is 0 Å². The Morgan fingerprint density at radius 3 is 2.95 bits per heavy atom. The van der Waals surface area contributed by atoms with Crippen LogP contribution in [0.1, 0.15) is 56.6 Å². The Kier molecular flexibility index (Phi) is 4.02. The average Bonchev–Trinajstić information content (AvgIpc) is 3.00. The summed E-state index contributed by atoms with van der Waals surface area (Å²) in [4.78, 5) is 7.29. The van der Waals surface area contributed by atoms with E-state index >= 15 is 0 Å². The van der Waals surface area contributed by atoms with Gasteiger partial charge in [-0.15, -0.1) is 0 Å². The van der Waals surface area contributed by atoms with Crippen LogP contribution in [0.4, 0.5) is 0 Å². The Morgan fingerprint density at radius 1 is 1.37 bits per heavy atom. The lowest BCUT2D eigenvalue weighted by Gasteiger charge is -2.23. The van der Waals surface area contributed by atoms with Gasteiger partial charge in [-0.05, 0) is 24.7 Å². The Bertz CT molecular complexity index is 404. The van der Waals surface area contributed by atoms with Gasteiger partial charge in [0.2, 0.25) is 0 Å². The molecule has 3 nitrogen and oxygen atoms in total. The Labute approximate surface area is 115 Å². The van der Waals surface area contributed by atoms with Crippen molar-refractivity contribution in [3.05, 3.63) is 30.4 Å². The number of hydrogen-bond acceptors (Lipinski definition) is 2. The second kappa shape index (κ2) is 5.91. The summed E-state index contributed by atoms with van der Waals surface area (Å²) >= 11 is 0. The first-order valence-electron chi connectivity index (χ1n) is 7.75. The fourth-order valence-electron chi connectivity index (χ4n) is 3.43. The minimum Gasteiger partial charge on any atom is -0.348 e. The molecular weight excluding hydrogens is 234 g/mol. The number of nitrogens with zero attached hydrogens (tertiary/aromatic N) is 1. The smallest absolute Gasteiger partial charge is 0.0921 e. The predicted molar refractivity (Wildman–Crippen MR) is 77.7 cm³/mol. The van der Waals surface area contributed by atoms with Crippen molar-refractivity contribution in [3.8, 4) is 0 Å². The third-order valence-electron chi connectivity index (χ3n) is 4.69. The topological polar surface area (TPSA) is 54.7 Å². The molecule has 3 N–H and O–H groups in total. The van der Waals surface area contributed by atoms with E-state index in [1.165, 1.54) is 50.6 Å². The molecule has 2 saturated carbocycles. The maximum absolute atomic E-state index is 6.24. The van der Waals surface area contributed by atoms with Gasteiger partial charge >= 0.3 is 0 Å². The van der Waals surface area contributed by atoms with Gasteiger partial charge < -0.3 is 10.7 Å². The first kappa shape index (κ1) is 12.9. The maximum atomic E-state index is 6.24. The van der Waals surface area contributed by atoms with Crippen LogP contribution in [0.5, 0.6) is 0 Å². The fraction of sp³-hybridized carbons (Fsp3) is 0.688. The highest BCUT2D eigenvalue weighted by molar-refractivity contribution is 5.20. The van der Waals surface area contributed by atoms with E-state index in [1.807, 2.05) is 6.20 Å². The van der Waals surface area contributed by atoms with Crippen LogP contribution in [0.25, 0.3) is 0 Å². The van der Waals surface area contributed by atoms with E-state index in [4.69, 9.17) is 5.73 Å². The van der Waals surface area contributed by atoms with Crippen molar-refractivity contribution < 1.29 is 0 Å². The Morgan fingerprint density at radius 2 is 2.21 bits per heavy atom. The number of allylic oxidation sites excluding steroid dienone is 1. The number of aromatic amines is 1. The lowest BCUT2D eigenvalue weighted by Crippen LogP contribution is -2.22. The Balaban J connectivity index is 1.42. The molecule has 2 fully saturated rings. The largest absolute Gasteiger partial charge is 0.348 e. The van der Waals surface area contributed by atoms with Crippen molar-refractivity contribution in [3.63, 3.8) is 0 Å². The molecule has 1 aromatic heterocycles. The van der Waals surface area contributed by atoms with Crippen LogP contribution < -0.4 is 5.73 Å². The second-order valence-corrected chi connectivity index (χ2v) is 6.30. The molecule has 3 atom stereocenters. The van der Waals surface area contributed by atoms with Crippen molar-refractivity contribution >= 4 is 0 Å². The summed E-state index contributed by atoms with van der Waals surface area (Å²) in [6, 6.07) is 0.256. The zero-order chi connectivity index (χ0) is 13.1. The highest BCUT2D eigenvalue weighted by Crippen LogP contribution is 2.47. The number of rotatable bonds is 5. The van der Waals surface area contributed by atoms with Gasteiger partial charge in [0, 0.05) is 23.9 Å². The van der Waals surface area contributed by atoms with Gasteiger partial charge in [-0.25, -0.2) is 4.98 Å².